The molecule has 2 N–H and O–H groups in total. The van der Waals surface area contributed by atoms with Crippen LogP contribution in [0.5, 0.6) is 0 Å². The first-order valence-corrected chi connectivity index (χ1v) is 7.33. The molecule has 1 aliphatic heterocycles. The van der Waals surface area contributed by atoms with Gasteiger partial charge in [-0.3, -0.25) is 0 Å². The average Bonchev–Trinajstić information content (AvgIpc) is 3.06. The number of nitrogens with one attached hydrogen (secondary N) is 1. The number of amides is 2. The maximum Gasteiger partial charge on any atom is 0.329 e. The number of aliphatic carboxylic acids is 1. The number of carbonyl (C=O) groups is 2. The molecule has 1 aromatic rings. The summed E-state index contributed by atoms with van der Waals surface area (Å²) in [5.74, 6) is -0.124. The number of furan rings is 1. The number of nitrogens with zero attached hydrogens (tertiary/aromatic N) is 1. The van der Waals surface area contributed by atoms with Crippen molar-refractivity contribution in [1.29, 1.82) is 0 Å². The van der Waals surface area contributed by atoms with Crippen LogP contribution in [0.1, 0.15) is 38.9 Å². The second kappa shape index (κ2) is 6.20. The van der Waals surface area contributed by atoms with E-state index in [1.165, 1.54) is 4.90 Å². The van der Waals surface area contributed by atoms with E-state index in [0.717, 1.165) is 12.2 Å². The summed E-state index contributed by atoms with van der Waals surface area (Å²) in [5.41, 5.74) is -1.06. The Morgan fingerprint density at radius 3 is 2.90 bits per heavy atom. The number of carbonyl (C=O) groups excluding carboxylic acids is 1. The second-order valence-corrected chi connectivity index (χ2v) is 5.58. The van der Waals surface area contributed by atoms with Crippen molar-refractivity contribution >= 4 is 12.0 Å². The van der Waals surface area contributed by atoms with Crippen LogP contribution in [0.4, 0.5) is 4.79 Å². The molecule has 0 aromatic carbocycles. The van der Waals surface area contributed by atoms with Crippen LogP contribution >= 0.6 is 0 Å². The molecule has 116 valence electrons. The minimum Gasteiger partial charge on any atom is -0.479 e. The normalized spacial score (nSPS) is 23.0. The molecule has 2 amide bonds. The van der Waals surface area contributed by atoms with Gasteiger partial charge in [0.05, 0.1) is 6.26 Å². The fraction of sp³-hybridized carbons (Fsp3) is 0.600. The first kappa shape index (κ1) is 15.4. The zero-order chi connectivity index (χ0) is 15.5. The molecule has 21 heavy (non-hydrogen) atoms. The zero-order valence-corrected chi connectivity index (χ0v) is 12.5. The third kappa shape index (κ3) is 3.04. The first-order chi connectivity index (χ1) is 9.99. The van der Waals surface area contributed by atoms with Crippen LogP contribution in [-0.4, -0.2) is 40.1 Å². The Balaban J connectivity index is 2.00. The third-order valence-corrected chi connectivity index (χ3v) is 4.17. The molecule has 1 saturated heterocycles. The van der Waals surface area contributed by atoms with Gasteiger partial charge in [0, 0.05) is 19.0 Å². The lowest BCUT2D eigenvalue weighted by atomic mass is 9.93. The van der Waals surface area contributed by atoms with Gasteiger partial charge in [-0.05, 0) is 38.3 Å². The summed E-state index contributed by atoms with van der Waals surface area (Å²) in [7, 11) is 0. The average molecular weight is 294 g/mol. The summed E-state index contributed by atoms with van der Waals surface area (Å²) < 4.78 is 5.25. The van der Waals surface area contributed by atoms with Crippen LogP contribution in [0, 0.1) is 0 Å². The highest BCUT2D eigenvalue weighted by Gasteiger charge is 2.48. The molecule has 1 aliphatic rings. The van der Waals surface area contributed by atoms with E-state index in [2.05, 4.69) is 5.32 Å². The number of rotatable bonds is 5. The van der Waals surface area contributed by atoms with Crippen LogP contribution in [0.15, 0.2) is 22.8 Å². The van der Waals surface area contributed by atoms with Gasteiger partial charge in [-0.15, -0.1) is 0 Å². The topological polar surface area (TPSA) is 82.8 Å². The largest absolute Gasteiger partial charge is 0.479 e. The van der Waals surface area contributed by atoms with Crippen LogP contribution in [0.2, 0.25) is 0 Å². The van der Waals surface area contributed by atoms with E-state index in [1.54, 1.807) is 12.3 Å². The minimum absolute atomic E-state index is 0.118. The highest BCUT2D eigenvalue weighted by molar-refractivity contribution is 5.87. The van der Waals surface area contributed by atoms with Gasteiger partial charge in [-0.1, -0.05) is 6.92 Å². The Hall–Kier alpha value is -1.98. The SMILES string of the molecule is CCC1(C(=O)O)CCCN1C(=O)NC(C)Cc1ccco1. The number of likely N-dealkylation sites (tertiary alicyclic amines) is 1. The molecule has 2 unspecified atom stereocenters. The zero-order valence-electron chi connectivity index (χ0n) is 12.5. The maximum atomic E-state index is 12.4. The summed E-state index contributed by atoms with van der Waals surface area (Å²) >= 11 is 0. The molecule has 1 fully saturated rings. The molecule has 2 heterocycles. The predicted octanol–water partition coefficient (Wildman–Crippen LogP) is 2.25. The molecule has 0 aliphatic carbocycles. The van der Waals surface area contributed by atoms with Gasteiger partial charge >= 0.3 is 12.0 Å². The van der Waals surface area contributed by atoms with Crippen molar-refractivity contribution in [3.63, 3.8) is 0 Å². The van der Waals surface area contributed by atoms with E-state index in [9.17, 15) is 14.7 Å². The number of carboxylic acid groups (broad SMARTS) is 1. The lowest BCUT2D eigenvalue weighted by Crippen LogP contribution is -2.57. The molecule has 2 rings (SSSR count). The van der Waals surface area contributed by atoms with Gasteiger partial charge in [-0.2, -0.15) is 0 Å². The summed E-state index contributed by atoms with van der Waals surface area (Å²) in [4.78, 5) is 25.4. The van der Waals surface area contributed by atoms with Crippen molar-refractivity contribution in [2.45, 2.75) is 51.1 Å². The second-order valence-electron chi connectivity index (χ2n) is 5.58. The van der Waals surface area contributed by atoms with E-state index in [-0.39, 0.29) is 12.1 Å². The molecule has 6 heteroatoms. The Bertz CT molecular complexity index is 500. The molecular formula is C15H22N2O4. The molecule has 2 atom stereocenters. The van der Waals surface area contributed by atoms with Crippen LogP contribution in [0.3, 0.4) is 0 Å². The summed E-state index contributed by atoms with van der Waals surface area (Å²) in [5, 5.41) is 12.4. The summed E-state index contributed by atoms with van der Waals surface area (Å²) in [6, 6.07) is 3.23. The van der Waals surface area contributed by atoms with Crippen molar-refractivity contribution in [2.75, 3.05) is 6.54 Å². The number of hydrogen-bond acceptors (Lipinski definition) is 3. The first-order valence-electron chi connectivity index (χ1n) is 7.33. The summed E-state index contributed by atoms with van der Waals surface area (Å²) in [6.45, 7) is 4.18. The van der Waals surface area contributed by atoms with Gasteiger partial charge in [-0.25, -0.2) is 9.59 Å². The van der Waals surface area contributed by atoms with E-state index in [0.29, 0.717) is 25.8 Å². The molecule has 0 saturated carbocycles. The predicted molar refractivity (Wildman–Crippen MR) is 77.0 cm³/mol. The lowest BCUT2D eigenvalue weighted by molar-refractivity contribution is -0.148. The Labute approximate surface area is 124 Å². The smallest absolute Gasteiger partial charge is 0.329 e. The van der Waals surface area contributed by atoms with Gasteiger partial charge in [0.25, 0.3) is 0 Å². The minimum atomic E-state index is -1.06. The molecular weight excluding hydrogens is 272 g/mol. The van der Waals surface area contributed by atoms with Crippen molar-refractivity contribution in [3.8, 4) is 0 Å². The van der Waals surface area contributed by atoms with Gasteiger partial charge in [0.2, 0.25) is 0 Å². The van der Waals surface area contributed by atoms with Crippen LogP contribution in [-0.2, 0) is 11.2 Å². The van der Waals surface area contributed by atoms with E-state index in [4.69, 9.17) is 4.42 Å². The van der Waals surface area contributed by atoms with Crippen molar-refractivity contribution in [1.82, 2.24) is 10.2 Å². The van der Waals surface area contributed by atoms with Crippen molar-refractivity contribution in [2.24, 2.45) is 0 Å². The van der Waals surface area contributed by atoms with Crippen LogP contribution in [0.25, 0.3) is 0 Å². The fourth-order valence-corrected chi connectivity index (χ4v) is 2.99. The molecule has 0 spiro atoms. The van der Waals surface area contributed by atoms with Crippen molar-refractivity contribution in [3.05, 3.63) is 24.2 Å². The Kier molecular flexibility index (Phi) is 4.55. The number of carboxylic acids is 1. The van der Waals surface area contributed by atoms with E-state index < -0.39 is 11.5 Å². The fourth-order valence-electron chi connectivity index (χ4n) is 2.99. The summed E-state index contributed by atoms with van der Waals surface area (Å²) in [6.07, 6.45) is 3.83. The van der Waals surface area contributed by atoms with E-state index in [1.807, 2.05) is 19.9 Å². The number of hydrogen-bond donors (Lipinski definition) is 2. The highest BCUT2D eigenvalue weighted by atomic mass is 16.4. The molecule has 0 radical (unpaired) electrons. The van der Waals surface area contributed by atoms with Crippen LogP contribution < -0.4 is 5.32 Å². The van der Waals surface area contributed by atoms with E-state index >= 15 is 0 Å². The van der Waals surface area contributed by atoms with Gasteiger partial charge < -0.3 is 19.7 Å². The Morgan fingerprint density at radius 2 is 2.33 bits per heavy atom. The van der Waals surface area contributed by atoms with Gasteiger partial charge in [0.1, 0.15) is 11.3 Å². The lowest BCUT2D eigenvalue weighted by Gasteiger charge is -2.34. The third-order valence-electron chi connectivity index (χ3n) is 4.17. The monoisotopic (exact) mass is 294 g/mol. The standard InChI is InChI=1S/C15H22N2O4/c1-3-15(13(18)19)7-5-8-17(15)14(20)16-11(2)10-12-6-4-9-21-12/h4,6,9,11H,3,5,7-8,10H2,1-2H3,(H,16,20)(H,18,19). The number of urea groups is 1. The van der Waals surface area contributed by atoms with Gasteiger partial charge in [0.15, 0.2) is 0 Å². The van der Waals surface area contributed by atoms with Crippen molar-refractivity contribution < 1.29 is 19.1 Å². The highest BCUT2D eigenvalue weighted by Crippen LogP contribution is 2.32. The molecule has 0 bridgehead atoms. The maximum absolute atomic E-state index is 12.4. The quantitative estimate of drug-likeness (QED) is 0.872. The molecule has 1 aromatic heterocycles. The molecule has 6 nitrogen and oxygen atoms in total. The Morgan fingerprint density at radius 1 is 1.57 bits per heavy atom.